The van der Waals surface area contributed by atoms with E-state index in [1.165, 1.54) is 12.8 Å². The summed E-state index contributed by atoms with van der Waals surface area (Å²) in [4.78, 5) is 13.8. The van der Waals surface area contributed by atoms with Crippen LogP contribution in [0.5, 0.6) is 5.75 Å². The van der Waals surface area contributed by atoms with Gasteiger partial charge >= 0.3 is 5.97 Å². The van der Waals surface area contributed by atoms with Crippen molar-refractivity contribution in [1.29, 1.82) is 0 Å². The van der Waals surface area contributed by atoms with E-state index in [2.05, 4.69) is 4.90 Å². The SMILES string of the molecule is COc1ccc(C(C(=O)O)N2CCCCCC2)cc1C. The lowest BCUT2D eigenvalue weighted by Crippen LogP contribution is -2.34. The maximum atomic E-state index is 11.7. The van der Waals surface area contributed by atoms with Crippen LogP contribution in [0, 0.1) is 6.92 Å². The van der Waals surface area contributed by atoms with Gasteiger partial charge in [-0.25, -0.2) is 0 Å². The molecule has 1 aromatic rings. The first-order chi connectivity index (χ1) is 9.63. The summed E-state index contributed by atoms with van der Waals surface area (Å²) in [6, 6.07) is 5.12. The van der Waals surface area contributed by atoms with E-state index in [-0.39, 0.29) is 0 Å². The number of ether oxygens (including phenoxy) is 1. The third-order valence-electron chi connectivity index (χ3n) is 3.97. The van der Waals surface area contributed by atoms with Crippen LogP contribution in [0.2, 0.25) is 0 Å². The summed E-state index contributed by atoms with van der Waals surface area (Å²) in [6.07, 6.45) is 4.56. The minimum Gasteiger partial charge on any atom is -0.496 e. The molecule has 1 aromatic carbocycles. The number of likely N-dealkylation sites (tertiary alicyclic amines) is 1. The summed E-state index contributed by atoms with van der Waals surface area (Å²) in [5.74, 6) is 0.0326. The van der Waals surface area contributed by atoms with Crippen molar-refractivity contribution in [3.63, 3.8) is 0 Å². The number of nitrogens with zero attached hydrogens (tertiary/aromatic N) is 1. The highest BCUT2D eigenvalue weighted by Crippen LogP contribution is 2.28. The number of methoxy groups -OCH3 is 1. The average Bonchev–Trinajstić information content (AvgIpc) is 2.68. The fourth-order valence-corrected chi connectivity index (χ4v) is 2.93. The first-order valence-corrected chi connectivity index (χ1v) is 7.25. The van der Waals surface area contributed by atoms with Crippen molar-refractivity contribution in [3.05, 3.63) is 29.3 Å². The molecule has 1 unspecified atom stereocenters. The highest BCUT2D eigenvalue weighted by Gasteiger charge is 2.28. The second-order valence-corrected chi connectivity index (χ2v) is 5.42. The van der Waals surface area contributed by atoms with Crippen molar-refractivity contribution in [2.45, 2.75) is 38.6 Å². The van der Waals surface area contributed by atoms with Gasteiger partial charge in [0.15, 0.2) is 0 Å². The number of carboxylic acid groups (broad SMARTS) is 1. The quantitative estimate of drug-likeness (QED) is 0.919. The number of carbonyl (C=O) groups is 1. The van der Waals surface area contributed by atoms with Gasteiger partial charge in [-0.3, -0.25) is 9.69 Å². The topological polar surface area (TPSA) is 49.8 Å². The molecule has 0 saturated carbocycles. The summed E-state index contributed by atoms with van der Waals surface area (Å²) in [5.41, 5.74) is 1.82. The maximum absolute atomic E-state index is 11.7. The minimum atomic E-state index is -0.767. The Morgan fingerprint density at radius 2 is 1.90 bits per heavy atom. The number of aliphatic carboxylic acids is 1. The minimum absolute atomic E-state index is 0.544. The molecule has 0 radical (unpaired) electrons. The van der Waals surface area contributed by atoms with Crippen LogP contribution in [0.3, 0.4) is 0 Å². The zero-order valence-corrected chi connectivity index (χ0v) is 12.3. The van der Waals surface area contributed by atoms with E-state index >= 15 is 0 Å². The molecular formula is C16H23NO3. The largest absolute Gasteiger partial charge is 0.496 e. The average molecular weight is 277 g/mol. The molecule has 2 rings (SSSR count). The molecule has 4 heteroatoms. The smallest absolute Gasteiger partial charge is 0.325 e. The number of carboxylic acids is 1. The monoisotopic (exact) mass is 277 g/mol. The zero-order valence-electron chi connectivity index (χ0n) is 12.3. The van der Waals surface area contributed by atoms with Crippen LogP contribution in [0.4, 0.5) is 0 Å². The summed E-state index contributed by atoms with van der Waals surface area (Å²) in [6.45, 7) is 3.67. The molecule has 1 aliphatic rings. The molecule has 1 atom stereocenters. The highest BCUT2D eigenvalue weighted by molar-refractivity contribution is 5.75. The molecule has 1 fully saturated rings. The molecule has 0 amide bonds. The molecule has 4 nitrogen and oxygen atoms in total. The molecule has 1 N–H and O–H groups in total. The van der Waals surface area contributed by atoms with Gasteiger partial charge in [-0.05, 0) is 50.0 Å². The van der Waals surface area contributed by atoms with Crippen molar-refractivity contribution < 1.29 is 14.6 Å². The van der Waals surface area contributed by atoms with Crippen LogP contribution >= 0.6 is 0 Å². The van der Waals surface area contributed by atoms with E-state index in [0.717, 1.165) is 42.8 Å². The van der Waals surface area contributed by atoms with E-state index in [1.807, 2.05) is 25.1 Å². The molecule has 0 spiro atoms. The van der Waals surface area contributed by atoms with E-state index in [9.17, 15) is 9.90 Å². The highest BCUT2D eigenvalue weighted by atomic mass is 16.5. The second-order valence-electron chi connectivity index (χ2n) is 5.42. The standard InChI is InChI=1S/C16H23NO3/c1-12-11-13(7-8-14(12)20-2)15(16(18)19)17-9-5-3-4-6-10-17/h7-8,11,15H,3-6,9-10H2,1-2H3,(H,18,19). The molecule has 1 saturated heterocycles. The third-order valence-corrected chi connectivity index (χ3v) is 3.97. The van der Waals surface area contributed by atoms with Gasteiger partial charge in [-0.2, -0.15) is 0 Å². The number of hydrogen-bond donors (Lipinski definition) is 1. The third kappa shape index (κ3) is 3.31. The molecule has 1 aliphatic heterocycles. The molecule has 0 aliphatic carbocycles. The summed E-state index contributed by atoms with van der Waals surface area (Å²) < 4.78 is 5.24. The Balaban J connectivity index is 2.27. The number of aryl methyl sites for hydroxylation is 1. The van der Waals surface area contributed by atoms with Crippen molar-refractivity contribution >= 4 is 5.97 Å². The van der Waals surface area contributed by atoms with E-state index in [0.29, 0.717) is 0 Å². The fraction of sp³-hybridized carbons (Fsp3) is 0.562. The predicted octanol–water partition coefficient (Wildman–Crippen LogP) is 3.01. The molecule has 110 valence electrons. The normalized spacial score (nSPS) is 18.3. The lowest BCUT2D eigenvalue weighted by atomic mass is 10.0. The summed E-state index contributed by atoms with van der Waals surface area (Å²) >= 11 is 0. The van der Waals surface area contributed by atoms with Crippen LogP contribution in [0.1, 0.15) is 42.9 Å². The van der Waals surface area contributed by atoms with Gasteiger partial charge in [0.05, 0.1) is 7.11 Å². The molecular weight excluding hydrogens is 254 g/mol. The fourth-order valence-electron chi connectivity index (χ4n) is 2.93. The zero-order chi connectivity index (χ0) is 14.5. The Hall–Kier alpha value is -1.55. The molecule has 0 aromatic heterocycles. The first-order valence-electron chi connectivity index (χ1n) is 7.25. The number of benzene rings is 1. The van der Waals surface area contributed by atoms with Gasteiger partial charge in [-0.15, -0.1) is 0 Å². The van der Waals surface area contributed by atoms with Gasteiger partial charge in [-0.1, -0.05) is 25.0 Å². The Labute approximate surface area is 120 Å². The Morgan fingerprint density at radius 1 is 1.25 bits per heavy atom. The lowest BCUT2D eigenvalue weighted by molar-refractivity contribution is -0.143. The van der Waals surface area contributed by atoms with Gasteiger partial charge in [0.1, 0.15) is 11.8 Å². The van der Waals surface area contributed by atoms with Crippen molar-refractivity contribution in [2.75, 3.05) is 20.2 Å². The Bertz CT molecular complexity index is 465. The van der Waals surface area contributed by atoms with E-state index in [1.54, 1.807) is 7.11 Å². The van der Waals surface area contributed by atoms with E-state index < -0.39 is 12.0 Å². The van der Waals surface area contributed by atoms with E-state index in [4.69, 9.17) is 4.74 Å². The Morgan fingerprint density at radius 3 is 2.40 bits per heavy atom. The van der Waals surface area contributed by atoms with Crippen molar-refractivity contribution in [2.24, 2.45) is 0 Å². The number of hydrogen-bond acceptors (Lipinski definition) is 3. The van der Waals surface area contributed by atoms with Crippen LogP contribution in [-0.4, -0.2) is 36.2 Å². The summed E-state index contributed by atoms with van der Waals surface area (Å²) in [5, 5.41) is 9.62. The predicted molar refractivity (Wildman–Crippen MR) is 78.1 cm³/mol. The van der Waals surface area contributed by atoms with Gasteiger partial charge < -0.3 is 9.84 Å². The van der Waals surface area contributed by atoms with Gasteiger partial charge in [0, 0.05) is 0 Å². The van der Waals surface area contributed by atoms with Gasteiger partial charge in [0.2, 0.25) is 0 Å². The van der Waals surface area contributed by atoms with Crippen LogP contribution in [0.25, 0.3) is 0 Å². The van der Waals surface area contributed by atoms with Gasteiger partial charge in [0.25, 0.3) is 0 Å². The number of rotatable bonds is 4. The van der Waals surface area contributed by atoms with Crippen molar-refractivity contribution in [1.82, 2.24) is 4.90 Å². The lowest BCUT2D eigenvalue weighted by Gasteiger charge is -2.28. The Kier molecular flexibility index (Phi) is 5.01. The van der Waals surface area contributed by atoms with Crippen LogP contribution in [0.15, 0.2) is 18.2 Å². The van der Waals surface area contributed by atoms with Crippen LogP contribution < -0.4 is 4.74 Å². The molecule has 1 heterocycles. The molecule has 0 bridgehead atoms. The van der Waals surface area contributed by atoms with Crippen LogP contribution in [-0.2, 0) is 4.79 Å². The molecule has 20 heavy (non-hydrogen) atoms. The van der Waals surface area contributed by atoms with Crippen molar-refractivity contribution in [3.8, 4) is 5.75 Å². The first kappa shape index (κ1) is 14.9. The summed E-state index contributed by atoms with van der Waals surface area (Å²) in [7, 11) is 1.63. The maximum Gasteiger partial charge on any atom is 0.325 e. The second kappa shape index (κ2) is 6.75.